The van der Waals surface area contributed by atoms with Gasteiger partial charge in [0.15, 0.2) is 17.8 Å². The molecule has 3 aromatic rings. The molecular weight excluding hydrogens is 332 g/mol. The SMILES string of the molecule is CN1C(=Cc2nc[n+](OCCN)c3ccccc23)Sc2ccccc21. The number of nitrogens with two attached hydrogens (primary N) is 1. The van der Waals surface area contributed by atoms with Crippen LogP contribution in [0, 0.1) is 0 Å². The molecule has 2 heterocycles. The zero-order valence-corrected chi connectivity index (χ0v) is 14.7. The maximum atomic E-state index is 5.66. The molecule has 2 N–H and O–H groups in total. The van der Waals surface area contributed by atoms with E-state index >= 15 is 0 Å². The van der Waals surface area contributed by atoms with Gasteiger partial charge in [-0.15, -0.1) is 0 Å². The highest BCUT2D eigenvalue weighted by molar-refractivity contribution is 8.03. The Kier molecular flexibility index (Phi) is 4.29. The Bertz CT molecular complexity index is 957. The highest BCUT2D eigenvalue weighted by Crippen LogP contribution is 2.45. The minimum atomic E-state index is 0.449. The largest absolute Gasteiger partial charge is 0.338 e. The second-order valence-electron chi connectivity index (χ2n) is 5.71. The summed E-state index contributed by atoms with van der Waals surface area (Å²) in [4.78, 5) is 13.7. The molecule has 25 heavy (non-hydrogen) atoms. The summed E-state index contributed by atoms with van der Waals surface area (Å²) < 4.78 is 1.68. The van der Waals surface area contributed by atoms with Crippen LogP contribution < -0.4 is 20.2 Å². The van der Waals surface area contributed by atoms with E-state index in [1.165, 1.54) is 10.6 Å². The van der Waals surface area contributed by atoms with Crippen LogP contribution in [0.5, 0.6) is 0 Å². The second kappa shape index (κ2) is 6.74. The van der Waals surface area contributed by atoms with E-state index in [1.807, 2.05) is 18.2 Å². The zero-order valence-electron chi connectivity index (χ0n) is 13.9. The smallest absolute Gasteiger partial charge is 0.326 e. The number of thioether (sulfide) groups is 1. The Balaban J connectivity index is 1.76. The van der Waals surface area contributed by atoms with Gasteiger partial charge in [-0.3, -0.25) is 0 Å². The molecule has 2 aromatic carbocycles. The van der Waals surface area contributed by atoms with Crippen molar-refractivity contribution in [1.29, 1.82) is 0 Å². The van der Waals surface area contributed by atoms with Crippen molar-refractivity contribution >= 4 is 34.4 Å². The van der Waals surface area contributed by atoms with Gasteiger partial charge in [-0.2, -0.15) is 0 Å². The minimum Gasteiger partial charge on any atom is -0.338 e. The first-order chi connectivity index (χ1) is 12.3. The van der Waals surface area contributed by atoms with Crippen LogP contribution in [-0.2, 0) is 0 Å². The summed E-state index contributed by atoms with van der Waals surface area (Å²) >= 11 is 1.76. The highest BCUT2D eigenvalue weighted by Gasteiger charge is 2.23. The number of benzene rings is 2. The molecule has 1 aliphatic rings. The molecule has 0 saturated heterocycles. The Morgan fingerprint density at radius 3 is 2.84 bits per heavy atom. The third kappa shape index (κ3) is 2.94. The fraction of sp³-hybridized carbons (Fsp3) is 0.158. The van der Waals surface area contributed by atoms with E-state index in [4.69, 9.17) is 10.6 Å². The molecule has 6 heteroatoms. The molecule has 0 saturated carbocycles. The maximum absolute atomic E-state index is 5.66. The van der Waals surface area contributed by atoms with E-state index < -0.39 is 0 Å². The summed E-state index contributed by atoms with van der Waals surface area (Å²) in [5.41, 5.74) is 8.66. The normalized spacial score (nSPS) is 15.0. The summed E-state index contributed by atoms with van der Waals surface area (Å²) in [5.74, 6) is 0. The van der Waals surface area contributed by atoms with E-state index in [0.717, 1.165) is 21.6 Å². The van der Waals surface area contributed by atoms with E-state index in [-0.39, 0.29) is 0 Å². The molecule has 0 atom stereocenters. The summed E-state index contributed by atoms with van der Waals surface area (Å²) in [6, 6.07) is 16.5. The van der Waals surface area contributed by atoms with Gasteiger partial charge in [0.1, 0.15) is 0 Å². The van der Waals surface area contributed by atoms with Crippen LogP contribution in [-0.4, -0.2) is 25.2 Å². The lowest BCUT2D eigenvalue weighted by atomic mass is 10.2. The number of aromatic nitrogens is 2. The highest BCUT2D eigenvalue weighted by atomic mass is 32.2. The van der Waals surface area contributed by atoms with Crippen LogP contribution in [0.15, 0.2) is 64.8 Å². The lowest BCUT2D eigenvalue weighted by molar-refractivity contribution is -0.872. The first-order valence-corrected chi connectivity index (χ1v) is 8.94. The fourth-order valence-corrected chi connectivity index (χ4v) is 3.95. The van der Waals surface area contributed by atoms with Crippen LogP contribution in [0.25, 0.3) is 17.0 Å². The van der Waals surface area contributed by atoms with Crippen molar-refractivity contribution in [3.63, 3.8) is 0 Å². The maximum Gasteiger partial charge on any atom is 0.326 e. The van der Waals surface area contributed by atoms with Crippen molar-refractivity contribution in [3.8, 4) is 0 Å². The third-order valence-electron chi connectivity index (χ3n) is 4.10. The number of hydrogen-bond acceptors (Lipinski definition) is 5. The number of fused-ring (bicyclic) bond motifs is 2. The summed E-state index contributed by atoms with van der Waals surface area (Å²) in [5, 5.41) is 2.19. The molecule has 0 bridgehead atoms. The number of nitrogens with zero attached hydrogens (tertiary/aromatic N) is 3. The van der Waals surface area contributed by atoms with Gasteiger partial charge < -0.3 is 15.5 Å². The summed E-state index contributed by atoms with van der Waals surface area (Å²) in [6.45, 7) is 0.914. The van der Waals surface area contributed by atoms with Crippen LogP contribution in [0.1, 0.15) is 5.69 Å². The molecule has 4 rings (SSSR count). The van der Waals surface area contributed by atoms with E-state index in [0.29, 0.717) is 13.2 Å². The Labute approximate surface area is 150 Å². The lowest BCUT2D eigenvalue weighted by Crippen LogP contribution is -2.45. The van der Waals surface area contributed by atoms with Gasteiger partial charge in [0, 0.05) is 24.6 Å². The molecule has 0 aliphatic carbocycles. The Morgan fingerprint density at radius 1 is 1.20 bits per heavy atom. The van der Waals surface area contributed by atoms with Crippen molar-refractivity contribution < 1.29 is 9.57 Å². The van der Waals surface area contributed by atoms with Crippen LogP contribution in [0.4, 0.5) is 5.69 Å². The van der Waals surface area contributed by atoms with Crippen LogP contribution >= 0.6 is 11.8 Å². The molecular formula is C19H19N4OS+. The molecule has 0 spiro atoms. The third-order valence-corrected chi connectivity index (χ3v) is 5.27. The van der Waals surface area contributed by atoms with E-state index in [9.17, 15) is 0 Å². The van der Waals surface area contributed by atoms with E-state index in [2.05, 4.69) is 53.3 Å². The number of rotatable bonds is 4. The van der Waals surface area contributed by atoms with Gasteiger partial charge in [0.05, 0.1) is 16.1 Å². The first-order valence-electron chi connectivity index (χ1n) is 8.13. The average molecular weight is 351 g/mol. The van der Waals surface area contributed by atoms with Gasteiger partial charge in [-0.1, -0.05) is 36.0 Å². The number of hydrogen-bond donors (Lipinski definition) is 1. The summed E-state index contributed by atoms with van der Waals surface area (Å²) in [6.07, 6.45) is 3.83. The quantitative estimate of drug-likeness (QED) is 0.732. The molecule has 1 aliphatic heterocycles. The van der Waals surface area contributed by atoms with Crippen LogP contribution in [0.3, 0.4) is 0 Å². The molecule has 0 unspecified atom stereocenters. The molecule has 0 fully saturated rings. The molecule has 0 radical (unpaired) electrons. The molecule has 126 valence electrons. The number of para-hydroxylation sites is 2. The van der Waals surface area contributed by atoms with Crippen molar-refractivity contribution in [1.82, 2.24) is 4.98 Å². The zero-order chi connectivity index (χ0) is 17.2. The minimum absolute atomic E-state index is 0.449. The fourth-order valence-electron chi connectivity index (χ4n) is 2.86. The lowest BCUT2D eigenvalue weighted by Gasteiger charge is -2.12. The molecule has 0 amide bonds. The predicted octanol–water partition coefficient (Wildman–Crippen LogP) is 2.45. The predicted molar refractivity (Wildman–Crippen MR) is 101 cm³/mol. The van der Waals surface area contributed by atoms with Crippen molar-refractivity contribution in [3.05, 3.63) is 65.6 Å². The van der Waals surface area contributed by atoms with Gasteiger partial charge in [-0.05, 0) is 34.0 Å². The monoisotopic (exact) mass is 351 g/mol. The number of anilines is 1. The average Bonchev–Trinajstić information content (AvgIpc) is 2.97. The standard InChI is InChI=1S/C19H19N4OS/c1-22-17-8-4-5-9-18(17)25-19(22)12-15-14-6-2-3-7-16(14)23(13-21-15)24-11-10-20/h2-9,12-13H,10-11,20H2,1H3/q+1. The van der Waals surface area contributed by atoms with Crippen LogP contribution in [0.2, 0.25) is 0 Å². The Morgan fingerprint density at radius 2 is 2.00 bits per heavy atom. The van der Waals surface area contributed by atoms with Crippen molar-refractivity contribution in [2.75, 3.05) is 25.1 Å². The van der Waals surface area contributed by atoms with E-state index in [1.54, 1.807) is 22.8 Å². The van der Waals surface area contributed by atoms with Gasteiger partial charge in [0.25, 0.3) is 0 Å². The van der Waals surface area contributed by atoms with Gasteiger partial charge >= 0.3 is 6.33 Å². The summed E-state index contributed by atoms with van der Waals surface area (Å²) in [7, 11) is 2.08. The Hall–Kier alpha value is -2.57. The second-order valence-corrected chi connectivity index (χ2v) is 6.77. The van der Waals surface area contributed by atoms with Crippen molar-refractivity contribution in [2.24, 2.45) is 5.73 Å². The molecule has 1 aromatic heterocycles. The molecule has 5 nitrogen and oxygen atoms in total. The van der Waals surface area contributed by atoms with Crippen molar-refractivity contribution in [2.45, 2.75) is 4.90 Å². The first kappa shape index (κ1) is 15.9. The van der Waals surface area contributed by atoms with Gasteiger partial charge in [-0.25, -0.2) is 0 Å². The van der Waals surface area contributed by atoms with Gasteiger partial charge in [0.2, 0.25) is 0 Å². The topological polar surface area (TPSA) is 55.3 Å².